The van der Waals surface area contributed by atoms with Crippen molar-refractivity contribution in [1.29, 1.82) is 0 Å². The molecule has 1 aliphatic heterocycles. The summed E-state index contributed by atoms with van der Waals surface area (Å²) >= 11 is 3.42. The lowest BCUT2D eigenvalue weighted by molar-refractivity contribution is 0.0617. The van der Waals surface area contributed by atoms with Crippen LogP contribution in [0.1, 0.15) is 43.4 Å². The number of aromatic amines is 1. The molecule has 1 fully saturated rings. The molecule has 1 N–H and O–H groups in total. The maximum atomic E-state index is 12.5. The van der Waals surface area contributed by atoms with E-state index in [1.54, 1.807) is 0 Å². The largest absolute Gasteiger partial charge is 0.335 e. The monoisotopic (exact) mass is 356 g/mol. The van der Waals surface area contributed by atoms with Gasteiger partial charge in [0.05, 0.1) is 4.47 Å². The Morgan fingerprint density at radius 1 is 1.29 bits per heavy atom. The van der Waals surface area contributed by atoms with Gasteiger partial charge in [0.1, 0.15) is 0 Å². The molecule has 0 unspecified atom stereocenters. The Labute approximate surface area is 135 Å². The molecular weight excluding hydrogens is 332 g/mol. The SMILES string of the molecule is Cc1[nH]nc(C(=O)N2CCN(CCC(C)(C)C)CC2)c1Br. The van der Waals surface area contributed by atoms with Crippen LogP contribution in [0.3, 0.4) is 0 Å². The maximum Gasteiger partial charge on any atom is 0.275 e. The minimum absolute atomic E-state index is 0.0155. The second kappa shape index (κ2) is 6.48. The molecule has 118 valence electrons. The van der Waals surface area contributed by atoms with Gasteiger partial charge in [-0.05, 0) is 41.2 Å². The second-order valence-electron chi connectivity index (χ2n) is 6.96. The molecule has 1 aliphatic rings. The number of nitrogens with one attached hydrogen (secondary N) is 1. The third-order valence-corrected chi connectivity index (χ3v) is 4.88. The summed E-state index contributed by atoms with van der Waals surface area (Å²) in [4.78, 5) is 16.8. The number of hydrogen-bond acceptors (Lipinski definition) is 3. The summed E-state index contributed by atoms with van der Waals surface area (Å²) in [5.41, 5.74) is 1.75. The summed E-state index contributed by atoms with van der Waals surface area (Å²) < 4.78 is 0.780. The van der Waals surface area contributed by atoms with E-state index in [0.717, 1.165) is 42.9 Å². The fourth-order valence-electron chi connectivity index (χ4n) is 2.38. The predicted octanol–water partition coefficient (Wildman–Crippen LogP) is 2.67. The standard InChI is InChI=1S/C15H25BrN4O/c1-11-12(16)13(18-17-11)14(21)20-9-7-19(8-10-20)6-5-15(2,3)4/h5-10H2,1-4H3,(H,17,18). The fraction of sp³-hybridized carbons (Fsp3) is 0.733. The minimum Gasteiger partial charge on any atom is -0.335 e. The molecule has 6 heteroatoms. The molecule has 21 heavy (non-hydrogen) atoms. The average molecular weight is 357 g/mol. The average Bonchev–Trinajstić information content (AvgIpc) is 2.76. The van der Waals surface area contributed by atoms with Gasteiger partial charge in [-0.3, -0.25) is 14.8 Å². The summed E-state index contributed by atoms with van der Waals surface area (Å²) in [5, 5.41) is 6.95. The van der Waals surface area contributed by atoms with E-state index in [0.29, 0.717) is 11.1 Å². The molecule has 0 aromatic carbocycles. The lowest BCUT2D eigenvalue weighted by Crippen LogP contribution is -2.49. The molecule has 0 aliphatic carbocycles. The first kappa shape index (κ1) is 16.5. The predicted molar refractivity (Wildman–Crippen MR) is 87.4 cm³/mol. The highest BCUT2D eigenvalue weighted by atomic mass is 79.9. The van der Waals surface area contributed by atoms with Crippen molar-refractivity contribution in [2.75, 3.05) is 32.7 Å². The third-order valence-electron chi connectivity index (χ3n) is 3.91. The Kier molecular flexibility index (Phi) is 5.09. The lowest BCUT2D eigenvalue weighted by Gasteiger charge is -2.35. The van der Waals surface area contributed by atoms with Crippen LogP contribution in [-0.4, -0.2) is 58.6 Å². The summed E-state index contributed by atoms with van der Waals surface area (Å²) in [5.74, 6) is 0.0155. The smallest absolute Gasteiger partial charge is 0.275 e. The quantitative estimate of drug-likeness (QED) is 0.905. The Morgan fingerprint density at radius 2 is 1.90 bits per heavy atom. The first-order chi connectivity index (χ1) is 9.78. The molecule has 0 bridgehead atoms. The van der Waals surface area contributed by atoms with Gasteiger partial charge < -0.3 is 4.90 Å². The first-order valence-electron chi connectivity index (χ1n) is 7.50. The van der Waals surface area contributed by atoms with Gasteiger partial charge in [-0.1, -0.05) is 20.8 Å². The number of carbonyl (C=O) groups excluding carboxylic acids is 1. The van der Waals surface area contributed by atoms with Crippen LogP contribution < -0.4 is 0 Å². The molecule has 0 spiro atoms. The number of aryl methyl sites for hydroxylation is 1. The summed E-state index contributed by atoms with van der Waals surface area (Å²) in [6, 6.07) is 0. The normalized spacial score (nSPS) is 17.3. The van der Waals surface area contributed by atoms with Gasteiger partial charge in [0, 0.05) is 31.9 Å². The van der Waals surface area contributed by atoms with Crippen molar-refractivity contribution >= 4 is 21.8 Å². The number of H-pyrrole nitrogens is 1. The number of piperazine rings is 1. The number of carbonyl (C=O) groups is 1. The van der Waals surface area contributed by atoms with Crippen LogP contribution in [0.2, 0.25) is 0 Å². The molecule has 1 amide bonds. The van der Waals surface area contributed by atoms with Crippen LogP contribution in [-0.2, 0) is 0 Å². The topological polar surface area (TPSA) is 52.2 Å². The molecule has 1 aromatic heterocycles. The Bertz CT molecular complexity index is 498. The van der Waals surface area contributed by atoms with Crippen molar-refractivity contribution in [3.63, 3.8) is 0 Å². The van der Waals surface area contributed by atoms with Crippen LogP contribution in [0.25, 0.3) is 0 Å². The Morgan fingerprint density at radius 3 is 2.38 bits per heavy atom. The summed E-state index contributed by atoms with van der Waals surface area (Å²) in [7, 11) is 0. The lowest BCUT2D eigenvalue weighted by atomic mass is 9.92. The van der Waals surface area contributed by atoms with Gasteiger partial charge >= 0.3 is 0 Å². The van der Waals surface area contributed by atoms with Crippen LogP contribution in [0, 0.1) is 12.3 Å². The number of aromatic nitrogens is 2. The van der Waals surface area contributed by atoms with Gasteiger partial charge in [-0.15, -0.1) is 0 Å². The van der Waals surface area contributed by atoms with Crippen molar-refractivity contribution in [1.82, 2.24) is 20.0 Å². The van der Waals surface area contributed by atoms with E-state index in [9.17, 15) is 4.79 Å². The summed E-state index contributed by atoms with van der Waals surface area (Å²) in [6.45, 7) is 13.3. The van der Waals surface area contributed by atoms with Crippen molar-refractivity contribution in [3.05, 3.63) is 15.9 Å². The highest BCUT2D eigenvalue weighted by molar-refractivity contribution is 9.10. The van der Waals surface area contributed by atoms with Gasteiger partial charge in [-0.2, -0.15) is 5.10 Å². The van der Waals surface area contributed by atoms with E-state index >= 15 is 0 Å². The van der Waals surface area contributed by atoms with Crippen LogP contribution >= 0.6 is 15.9 Å². The van der Waals surface area contributed by atoms with E-state index in [-0.39, 0.29) is 5.91 Å². The van der Waals surface area contributed by atoms with E-state index in [2.05, 4.69) is 51.8 Å². The Hall–Kier alpha value is -0.880. The second-order valence-corrected chi connectivity index (χ2v) is 7.75. The fourth-order valence-corrected chi connectivity index (χ4v) is 2.72. The molecule has 1 saturated heterocycles. The number of halogens is 1. The zero-order valence-electron chi connectivity index (χ0n) is 13.4. The minimum atomic E-state index is 0.0155. The zero-order valence-corrected chi connectivity index (χ0v) is 15.0. The molecule has 0 saturated carbocycles. The van der Waals surface area contributed by atoms with Gasteiger partial charge in [0.25, 0.3) is 5.91 Å². The van der Waals surface area contributed by atoms with Crippen molar-refractivity contribution in [2.24, 2.45) is 5.41 Å². The maximum absolute atomic E-state index is 12.5. The van der Waals surface area contributed by atoms with Crippen molar-refractivity contribution in [3.8, 4) is 0 Å². The van der Waals surface area contributed by atoms with Gasteiger partial charge in [0.15, 0.2) is 5.69 Å². The number of nitrogens with zero attached hydrogens (tertiary/aromatic N) is 3. The molecule has 0 atom stereocenters. The Balaban J connectivity index is 1.86. The molecule has 2 heterocycles. The van der Waals surface area contributed by atoms with Crippen LogP contribution in [0.5, 0.6) is 0 Å². The third kappa shape index (κ3) is 4.30. The highest BCUT2D eigenvalue weighted by Crippen LogP contribution is 2.21. The van der Waals surface area contributed by atoms with Crippen LogP contribution in [0.15, 0.2) is 4.47 Å². The highest BCUT2D eigenvalue weighted by Gasteiger charge is 2.26. The van der Waals surface area contributed by atoms with Crippen molar-refractivity contribution < 1.29 is 4.79 Å². The van der Waals surface area contributed by atoms with E-state index in [1.165, 1.54) is 6.42 Å². The van der Waals surface area contributed by atoms with Crippen LogP contribution in [0.4, 0.5) is 0 Å². The molecule has 2 rings (SSSR count). The number of hydrogen-bond donors (Lipinski definition) is 1. The first-order valence-corrected chi connectivity index (χ1v) is 8.29. The van der Waals surface area contributed by atoms with E-state index < -0.39 is 0 Å². The summed E-state index contributed by atoms with van der Waals surface area (Å²) in [6.07, 6.45) is 1.19. The zero-order chi connectivity index (χ0) is 15.6. The number of rotatable bonds is 3. The van der Waals surface area contributed by atoms with Crippen molar-refractivity contribution in [2.45, 2.75) is 34.1 Å². The van der Waals surface area contributed by atoms with E-state index in [4.69, 9.17) is 0 Å². The van der Waals surface area contributed by atoms with Gasteiger partial charge in [0.2, 0.25) is 0 Å². The van der Waals surface area contributed by atoms with Gasteiger partial charge in [-0.25, -0.2) is 0 Å². The molecule has 0 radical (unpaired) electrons. The molecular formula is C15H25BrN4O. The molecule has 5 nitrogen and oxygen atoms in total. The number of amides is 1. The van der Waals surface area contributed by atoms with E-state index in [1.807, 2.05) is 11.8 Å². The molecule has 1 aromatic rings.